The van der Waals surface area contributed by atoms with Crippen LogP contribution >= 0.6 is 0 Å². The largest absolute Gasteiger partial charge is 0.338 e. The molecule has 8 heteroatoms. The SMILES string of the molecule is CCc1noc([C@H](C)N[C@@H]2CCN(S(=O)(=O)C(C)C)C[C@H]2C)n1. The third-order valence-electron chi connectivity index (χ3n) is 4.46. The molecule has 0 bridgehead atoms. The van der Waals surface area contributed by atoms with E-state index in [1.807, 2.05) is 13.8 Å². The number of nitrogens with zero attached hydrogens (tertiary/aromatic N) is 3. The molecule has 0 saturated carbocycles. The smallest absolute Gasteiger partial charge is 0.243 e. The van der Waals surface area contributed by atoms with Crippen molar-refractivity contribution < 1.29 is 12.9 Å². The monoisotopic (exact) mass is 344 g/mol. The van der Waals surface area contributed by atoms with Crippen molar-refractivity contribution in [1.29, 1.82) is 0 Å². The van der Waals surface area contributed by atoms with Crippen LogP contribution in [-0.2, 0) is 16.4 Å². The van der Waals surface area contributed by atoms with Gasteiger partial charge >= 0.3 is 0 Å². The molecule has 1 aliphatic heterocycles. The molecule has 0 aliphatic carbocycles. The lowest BCUT2D eigenvalue weighted by Crippen LogP contribution is -2.51. The van der Waals surface area contributed by atoms with Crippen molar-refractivity contribution in [3.05, 3.63) is 11.7 Å². The van der Waals surface area contributed by atoms with Gasteiger partial charge in [0, 0.05) is 25.6 Å². The highest BCUT2D eigenvalue weighted by molar-refractivity contribution is 7.89. The first kappa shape index (κ1) is 18.4. The van der Waals surface area contributed by atoms with Crippen LogP contribution in [0.25, 0.3) is 0 Å². The van der Waals surface area contributed by atoms with Gasteiger partial charge in [0.2, 0.25) is 15.9 Å². The van der Waals surface area contributed by atoms with Crippen molar-refractivity contribution >= 4 is 10.0 Å². The van der Waals surface area contributed by atoms with E-state index >= 15 is 0 Å². The zero-order valence-corrected chi connectivity index (χ0v) is 15.4. The lowest BCUT2D eigenvalue weighted by atomic mass is 9.94. The number of hydrogen-bond donors (Lipinski definition) is 1. The maximum atomic E-state index is 12.3. The zero-order chi connectivity index (χ0) is 17.2. The van der Waals surface area contributed by atoms with Crippen LogP contribution < -0.4 is 5.32 Å². The number of rotatable bonds is 6. The topological polar surface area (TPSA) is 88.3 Å². The van der Waals surface area contributed by atoms with Crippen LogP contribution in [0.3, 0.4) is 0 Å². The fourth-order valence-corrected chi connectivity index (χ4v) is 4.26. The van der Waals surface area contributed by atoms with Crippen LogP contribution in [0.4, 0.5) is 0 Å². The van der Waals surface area contributed by atoms with Crippen LogP contribution in [-0.4, -0.2) is 47.2 Å². The second kappa shape index (κ2) is 7.27. The molecule has 23 heavy (non-hydrogen) atoms. The van der Waals surface area contributed by atoms with Gasteiger partial charge in [0.15, 0.2) is 5.82 Å². The minimum atomic E-state index is -3.17. The van der Waals surface area contributed by atoms with Gasteiger partial charge in [0.25, 0.3) is 0 Å². The summed E-state index contributed by atoms with van der Waals surface area (Å²) in [5, 5.41) is 7.05. The van der Waals surface area contributed by atoms with Gasteiger partial charge in [-0.1, -0.05) is 19.0 Å². The molecule has 3 atom stereocenters. The van der Waals surface area contributed by atoms with Crippen LogP contribution in [0.15, 0.2) is 4.52 Å². The normalized spacial score (nSPS) is 25.0. The molecule has 0 unspecified atom stereocenters. The molecule has 132 valence electrons. The fraction of sp³-hybridized carbons (Fsp3) is 0.867. The molecular weight excluding hydrogens is 316 g/mol. The molecule has 2 rings (SSSR count). The van der Waals surface area contributed by atoms with E-state index < -0.39 is 10.0 Å². The van der Waals surface area contributed by atoms with E-state index in [4.69, 9.17) is 4.52 Å². The summed E-state index contributed by atoms with van der Waals surface area (Å²) in [6.45, 7) is 10.6. The van der Waals surface area contributed by atoms with E-state index in [0.717, 1.165) is 12.8 Å². The van der Waals surface area contributed by atoms with Crippen LogP contribution in [0, 0.1) is 5.92 Å². The first-order valence-electron chi connectivity index (χ1n) is 8.33. The van der Waals surface area contributed by atoms with Gasteiger partial charge in [-0.15, -0.1) is 0 Å². The maximum absolute atomic E-state index is 12.3. The summed E-state index contributed by atoms with van der Waals surface area (Å²) in [6, 6.07) is 0.198. The second-order valence-corrected chi connectivity index (χ2v) is 9.10. The van der Waals surface area contributed by atoms with Gasteiger partial charge in [0.05, 0.1) is 11.3 Å². The zero-order valence-electron chi connectivity index (χ0n) is 14.6. The predicted octanol–water partition coefficient (Wildman–Crippen LogP) is 1.73. The van der Waals surface area contributed by atoms with Crippen molar-refractivity contribution in [3.8, 4) is 0 Å². The summed E-state index contributed by atoms with van der Waals surface area (Å²) in [7, 11) is -3.17. The molecular formula is C15H28N4O3S. The fourth-order valence-electron chi connectivity index (χ4n) is 2.86. The quantitative estimate of drug-likeness (QED) is 0.845. The Morgan fingerprint density at radius 3 is 2.61 bits per heavy atom. The molecule has 1 N–H and O–H groups in total. The van der Waals surface area contributed by atoms with Crippen LogP contribution in [0.2, 0.25) is 0 Å². The molecule has 1 aromatic heterocycles. The first-order chi connectivity index (χ1) is 10.8. The molecule has 1 aliphatic rings. The number of sulfonamides is 1. The first-order valence-corrected chi connectivity index (χ1v) is 9.83. The Morgan fingerprint density at radius 2 is 2.09 bits per heavy atom. The van der Waals surface area contributed by atoms with Crippen molar-refractivity contribution in [1.82, 2.24) is 19.8 Å². The summed E-state index contributed by atoms with van der Waals surface area (Å²) < 4.78 is 31.5. The van der Waals surface area contributed by atoms with Crippen molar-refractivity contribution in [3.63, 3.8) is 0 Å². The van der Waals surface area contributed by atoms with E-state index in [2.05, 4.69) is 22.4 Å². The van der Waals surface area contributed by atoms with Gasteiger partial charge in [-0.2, -0.15) is 4.98 Å². The minimum Gasteiger partial charge on any atom is -0.338 e. The van der Waals surface area contributed by atoms with Crippen LogP contribution in [0.5, 0.6) is 0 Å². The lowest BCUT2D eigenvalue weighted by molar-refractivity contribution is 0.199. The third kappa shape index (κ3) is 4.10. The summed E-state index contributed by atoms with van der Waals surface area (Å²) in [4.78, 5) is 4.35. The molecule has 7 nitrogen and oxygen atoms in total. The van der Waals surface area contributed by atoms with Crippen molar-refractivity contribution in [2.24, 2.45) is 5.92 Å². The highest BCUT2D eigenvalue weighted by Gasteiger charge is 2.34. The lowest BCUT2D eigenvalue weighted by Gasteiger charge is -2.38. The van der Waals surface area contributed by atoms with Gasteiger partial charge in [-0.25, -0.2) is 12.7 Å². The maximum Gasteiger partial charge on any atom is 0.243 e. The summed E-state index contributed by atoms with van der Waals surface area (Å²) in [5.41, 5.74) is 0. The van der Waals surface area contributed by atoms with Crippen molar-refractivity contribution in [2.75, 3.05) is 13.1 Å². The summed E-state index contributed by atoms with van der Waals surface area (Å²) in [6.07, 6.45) is 1.53. The standard InChI is InChI=1S/C15H28N4O3S/c1-6-14-17-15(22-18-14)12(5)16-13-7-8-19(9-11(13)4)23(20,21)10(2)3/h10-13,16H,6-9H2,1-5H3/t11-,12+,13-/m1/s1. The Balaban J connectivity index is 1.96. The van der Waals surface area contributed by atoms with E-state index in [1.54, 1.807) is 18.2 Å². The molecule has 0 radical (unpaired) electrons. The Morgan fingerprint density at radius 1 is 1.39 bits per heavy atom. The molecule has 1 aromatic rings. The Bertz CT molecular complexity index is 614. The van der Waals surface area contributed by atoms with Crippen LogP contribution in [0.1, 0.15) is 58.8 Å². The van der Waals surface area contributed by atoms with Gasteiger partial charge in [-0.05, 0) is 33.1 Å². The molecule has 0 spiro atoms. The molecule has 0 amide bonds. The van der Waals surface area contributed by atoms with Crippen molar-refractivity contribution in [2.45, 2.75) is 64.8 Å². The summed E-state index contributed by atoms with van der Waals surface area (Å²) >= 11 is 0. The van der Waals surface area contributed by atoms with Gasteiger partial charge in [0.1, 0.15) is 0 Å². The molecule has 2 heterocycles. The number of hydrogen-bond acceptors (Lipinski definition) is 6. The van der Waals surface area contributed by atoms with E-state index in [9.17, 15) is 8.42 Å². The van der Waals surface area contributed by atoms with E-state index in [-0.39, 0.29) is 23.3 Å². The Labute approximate surface area is 138 Å². The summed E-state index contributed by atoms with van der Waals surface area (Å²) in [5.74, 6) is 1.53. The van der Waals surface area contributed by atoms with E-state index in [0.29, 0.717) is 24.8 Å². The average Bonchev–Trinajstić information content (AvgIpc) is 2.98. The van der Waals surface area contributed by atoms with Gasteiger partial charge < -0.3 is 9.84 Å². The third-order valence-corrected chi connectivity index (χ3v) is 6.70. The van der Waals surface area contributed by atoms with E-state index in [1.165, 1.54) is 0 Å². The Kier molecular flexibility index (Phi) is 5.80. The predicted molar refractivity (Wildman–Crippen MR) is 88.4 cm³/mol. The molecule has 0 aromatic carbocycles. The number of piperidine rings is 1. The number of aromatic nitrogens is 2. The molecule has 1 saturated heterocycles. The van der Waals surface area contributed by atoms with Gasteiger partial charge in [-0.3, -0.25) is 0 Å². The highest BCUT2D eigenvalue weighted by atomic mass is 32.2. The number of aryl methyl sites for hydroxylation is 1. The Hall–Kier alpha value is -0.990. The minimum absolute atomic E-state index is 0.0384. The highest BCUT2D eigenvalue weighted by Crippen LogP contribution is 2.24. The molecule has 1 fully saturated rings. The number of nitrogens with one attached hydrogen (secondary N) is 1. The average molecular weight is 344 g/mol. The second-order valence-electron chi connectivity index (χ2n) is 6.61.